The lowest BCUT2D eigenvalue weighted by atomic mass is 10.2. The van der Waals surface area contributed by atoms with Gasteiger partial charge >= 0.3 is 0 Å². The number of carbonyl (C=O) groups is 1. The molecule has 0 unspecified atom stereocenters. The molecule has 1 amide bonds. The standard InChI is InChI=1S/C20H19N3O2S2/c1-2-26-20-23-22-19(27-20)21-18(24)13-10-15-8-11-17(12-9-15)25-14-16-6-4-3-5-7-16/h3-13H,2,14H2,1H3,(H,21,22,24)/b13-10+. The van der Waals surface area contributed by atoms with Gasteiger partial charge in [-0.2, -0.15) is 0 Å². The van der Waals surface area contributed by atoms with E-state index < -0.39 is 0 Å². The van der Waals surface area contributed by atoms with Crippen LogP contribution < -0.4 is 10.1 Å². The molecule has 0 aliphatic heterocycles. The zero-order valence-electron chi connectivity index (χ0n) is 14.8. The summed E-state index contributed by atoms with van der Waals surface area (Å²) in [5.41, 5.74) is 2.03. The Bertz CT molecular complexity index is 893. The van der Waals surface area contributed by atoms with E-state index in [1.807, 2.05) is 61.5 Å². The molecule has 0 saturated heterocycles. The van der Waals surface area contributed by atoms with Gasteiger partial charge in [-0.3, -0.25) is 10.1 Å². The Morgan fingerprint density at radius 1 is 1.15 bits per heavy atom. The van der Waals surface area contributed by atoms with Gasteiger partial charge in [-0.15, -0.1) is 10.2 Å². The average molecular weight is 398 g/mol. The van der Waals surface area contributed by atoms with Crippen molar-refractivity contribution < 1.29 is 9.53 Å². The van der Waals surface area contributed by atoms with E-state index in [0.29, 0.717) is 11.7 Å². The van der Waals surface area contributed by atoms with Crippen molar-refractivity contribution in [3.63, 3.8) is 0 Å². The van der Waals surface area contributed by atoms with Crippen LogP contribution in [-0.4, -0.2) is 21.9 Å². The fourth-order valence-electron chi connectivity index (χ4n) is 2.18. The van der Waals surface area contributed by atoms with E-state index in [1.165, 1.54) is 17.4 Å². The van der Waals surface area contributed by atoms with Gasteiger partial charge in [0.1, 0.15) is 12.4 Å². The summed E-state index contributed by atoms with van der Waals surface area (Å²) in [6.45, 7) is 2.57. The lowest BCUT2D eigenvalue weighted by Gasteiger charge is -2.06. The Morgan fingerprint density at radius 2 is 1.93 bits per heavy atom. The minimum atomic E-state index is -0.233. The van der Waals surface area contributed by atoms with Crippen LogP contribution >= 0.6 is 23.1 Å². The molecule has 0 fully saturated rings. The predicted molar refractivity (Wildman–Crippen MR) is 111 cm³/mol. The maximum absolute atomic E-state index is 12.0. The quantitative estimate of drug-likeness (QED) is 0.333. The zero-order valence-corrected chi connectivity index (χ0v) is 16.4. The molecule has 0 spiro atoms. The molecule has 138 valence electrons. The van der Waals surface area contributed by atoms with Crippen molar-refractivity contribution in [1.82, 2.24) is 10.2 Å². The number of hydrogen-bond acceptors (Lipinski definition) is 6. The van der Waals surface area contributed by atoms with Gasteiger partial charge < -0.3 is 4.74 Å². The first-order chi connectivity index (χ1) is 13.2. The highest BCUT2D eigenvalue weighted by Gasteiger charge is 2.05. The van der Waals surface area contributed by atoms with Crippen molar-refractivity contribution in [1.29, 1.82) is 0 Å². The van der Waals surface area contributed by atoms with E-state index in [2.05, 4.69) is 15.5 Å². The SMILES string of the molecule is CCSc1nnc(NC(=O)/C=C/c2ccc(OCc3ccccc3)cc2)s1. The first-order valence-electron chi connectivity index (χ1n) is 8.45. The van der Waals surface area contributed by atoms with Crippen molar-refractivity contribution in [2.45, 2.75) is 17.9 Å². The fraction of sp³-hybridized carbons (Fsp3) is 0.150. The third-order valence-electron chi connectivity index (χ3n) is 3.46. The summed E-state index contributed by atoms with van der Waals surface area (Å²) in [6.07, 6.45) is 3.23. The first kappa shape index (κ1) is 19.1. The molecule has 1 aromatic heterocycles. The van der Waals surface area contributed by atoms with E-state index >= 15 is 0 Å². The molecule has 27 heavy (non-hydrogen) atoms. The van der Waals surface area contributed by atoms with Crippen molar-refractivity contribution >= 4 is 40.2 Å². The second-order valence-corrected chi connectivity index (χ2v) is 7.96. The Morgan fingerprint density at radius 3 is 2.67 bits per heavy atom. The molecule has 0 aliphatic carbocycles. The van der Waals surface area contributed by atoms with Crippen LogP contribution in [0.4, 0.5) is 5.13 Å². The summed E-state index contributed by atoms with van der Waals surface area (Å²) in [4.78, 5) is 12.0. The van der Waals surface area contributed by atoms with Gasteiger partial charge in [-0.05, 0) is 35.1 Å². The smallest absolute Gasteiger partial charge is 0.250 e. The van der Waals surface area contributed by atoms with Crippen LogP contribution in [-0.2, 0) is 11.4 Å². The maximum atomic E-state index is 12.0. The second kappa shape index (κ2) is 9.89. The lowest BCUT2D eigenvalue weighted by Crippen LogP contribution is -2.07. The van der Waals surface area contributed by atoms with Crippen LogP contribution in [0.2, 0.25) is 0 Å². The molecule has 3 rings (SSSR count). The minimum Gasteiger partial charge on any atom is -0.489 e. The number of rotatable bonds is 8. The fourth-order valence-corrected chi connectivity index (χ4v) is 3.83. The van der Waals surface area contributed by atoms with Gasteiger partial charge in [0.25, 0.3) is 0 Å². The van der Waals surface area contributed by atoms with Gasteiger partial charge in [0.2, 0.25) is 11.0 Å². The van der Waals surface area contributed by atoms with Gasteiger partial charge in [0, 0.05) is 6.08 Å². The van der Waals surface area contributed by atoms with Gasteiger partial charge in [0.05, 0.1) is 0 Å². The van der Waals surface area contributed by atoms with Crippen molar-refractivity contribution in [2.75, 3.05) is 11.1 Å². The topological polar surface area (TPSA) is 64.1 Å². The summed E-state index contributed by atoms with van der Waals surface area (Å²) in [6, 6.07) is 17.6. The molecule has 0 bridgehead atoms. The molecule has 1 heterocycles. The molecule has 1 N–H and O–H groups in total. The number of amides is 1. The monoisotopic (exact) mass is 397 g/mol. The highest BCUT2D eigenvalue weighted by Crippen LogP contribution is 2.25. The van der Waals surface area contributed by atoms with E-state index in [9.17, 15) is 4.79 Å². The Balaban J connectivity index is 1.50. The zero-order chi connectivity index (χ0) is 18.9. The minimum absolute atomic E-state index is 0.233. The number of thioether (sulfide) groups is 1. The van der Waals surface area contributed by atoms with E-state index in [4.69, 9.17) is 4.74 Å². The number of nitrogens with one attached hydrogen (secondary N) is 1. The third-order valence-corrected chi connectivity index (χ3v) is 5.31. The molecule has 7 heteroatoms. The molecular formula is C20H19N3O2S2. The Labute approximate surface area is 166 Å². The number of nitrogens with zero attached hydrogens (tertiary/aromatic N) is 2. The summed E-state index contributed by atoms with van der Waals surface area (Å²) in [5, 5.41) is 11.2. The van der Waals surface area contributed by atoms with Crippen LogP contribution in [0, 0.1) is 0 Å². The second-order valence-electron chi connectivity index (χ2n) is 5.47. The van der Waals surface area contributed by atoms with Crippen LogP contribution in [0.5, 0.6) is 5.75 Å². The summed E-state index contributed by atoms with van der Waals surface area (Å²) in [7, 11) is 0. The van der Waals surface area contributed by atoms with Gasteiger partial charge in [-0.1, -0.05) is 72.5 Å². The van der Waals surface area contributed by atoms with E-state index in [-0.39, 0.29) is 5.91 Å². The van der Waals surface area contributed by atoms with Crippen LogP contribution in [0.1, 0.15) is 18.1 Å². The maximum Gasteiger partial charge on any atom is 0.250 e. The largest absolute Gasteiger partial charge is 0.489 e. The summed E-state index contributed by atoms with van der Waals surface area (Å²) < 4.78 is 6.60. The number of carbonyl (C=O) groups excluding carboxylic acids is 1. The normalized spacial score (nSPS) is 10.9. The highest BCUT2D eigenvalue weighted by molar-refractivity contribution is 8.01. The van der Waals surface area contributed by atoms with Gasteiger partial charge in [0.15, 0.2) is 4.34 Å². The Kier molecular flexibility index (Phi) is 7.01. The summed E-state index contributed by atoms with van der Waals surface area (Å²) in [5.74, 6) is 1.48. The molecule has 5 nitrogen and oxygen atoms in total. The van der Waals surface area contributed by atoms with Crippen molar-refractivity contribution in [3.8, 4) is 5.75 Å². The van der Waals surface area contributed by atoms with E-state index in [1.54, 1.807) is 17.8 Å². The highest BCUT2D eigenvalue weighted by atomic mass is 32.2. The molecule has 0 saturated carbocycles. The molecule has 2 aromatic carbocycles. The Hall–Kier alpha value is -2.64. The number of ether oxygens (including phenoxy) is 1. The lowest BCUT2D eigenvalue weighted by molar-refractivity contribution is -0.111. The third kappa shape index (κ3) is 6.23. The van der Waals surface area contributed by atoms with Crippen LogP contribution in [0.15, 0.2) is 65.0 Å². The van der Waals surface area contributed by atoms with Crippen molar-refractivity contribution in [2.24, 2.45) is 0 Å². The molecule has 3 aromatic rings. The number of aromatic nitrogens is 2. The number of hydrogen-bond donors (Lipinski definition) is 1. The van der Waals surface area contributed by atoms with Crippen LogP contribution in [0.25, 0.3) is 6.08 Å². The summed E-state index contributed by atoms with van der Waals surface area (Å²) >= 11 is 2.97. The predicted octanol–water partition coefficient (Wildman–Crippen LogP) is 4.88. The average Bonchev–Trinajstić information content (AvgIpc) is 3.13. The number of anilines is 1. The van der Waals surface area contributed by atoms with Crippen LogP contribution in [0.3, 0.4) is 0 Å². The molecule has 0 radical (unpaired) electrons. The van der Waals surface area contributed by atoms with Crippen molar-refractivity contribution in [3.05, 3.63) is 71.8 Å². The molecule has 0 atom stereocenters. The van der Waals surface area contributed by atoms with Gasteiger partial charge in [-0.25, -0.2) is 0 Å². The number of benzene rings is 2. The molecular weight excluding hydrogens is 378 g/mol. The van der Waals surface area contributed by atoms with E-state index in [0.717, 1.165) is 27.0 Å². The first-order valence-corrected chi connectivity index (χ1v) is 10.3. The molecule has 0 aliphatic rings.